The number of carboxylic acids is 2. The molecule has 3 N–H and O–H groups in total. The van der Waals surface area contributed by atoms with Crippen molar-refractivity contribution >= 4 is 40.9 Å². The first-order valence-corrected chi connectivity index (χ1v) is 9.24. The highest BCUT2D eigenvalue weighted by molar-refractivity contribution is 6.30. The average Bonchev–Trinajstić information content (AvgIpc) is 3.01. The molecule has 1 unspecified atom stereocenters. The van der Waals surface area contributed by atoms with Gasteiger partial charge in [0.1, 0.15) is 0 Å². The van der Waals surface area contributed by atoms with Crippen molar-refractivity contribution in [1.29, 1.82) is 0 Å². The molecular weight excluding hydrogens is 412 g/mol. The summed E-state index contributed by atoms with van der Waals surface area (Å²) in [5, 5.41) is 22.9. The molecule has 1 amide bonds. The molecule has 1 aliphatic rings. The van der Waals surface area contributed by atoms with Crippen LogP contribution in [0.25, 0.3) is 5.57 Å². The molecule has 0 fully saturated rings. The van der Waals surface area contributed by atoms with Gasteiger partial charge in [-0.3, -0.25) is 10.3 Å². The van der Waals surface area contributed by atoms with Crippen molar-refractivity contribution in [1.82, 2.24) is 0 Å². The van der Waals surface area contributed by atoms with E-state index < -0.39 is 23.6 Å². The molecule has 0 bridgehead atoms. The van der Waals surface area contributed by atoms with Crippen molar-refractivity contribution in [2.75, 3.05) is 11.9 Å². The molecule has 0 radical (unpaired) electrons. The van der Waals surface area contributed by atoms with Gasteiger partial charge < -0.3 is 14.9 Å². The number of rotatable bonds is 6. The van der Waals surface area contributed by atoms with Gasteiger partial charge in [-0.15, -0.1) is 0 Å². The van der Waals surface area contributed by atoms with Crippen LogP contribution in [-0.2, 0) is 19.9 Å². The summed E-state index contributed by atoms with van der Waals surface area (Å²) >= 11 is 6.04. The van der Waals surface area contributed by atoms with Crippen molar-refractivity contribution in [3.05, 3.63) is 75.8 Å². The van der Waals surface area contributed by atoms with E-state index in [1.807, 2.05) is 0 Å². The predicted octanol–water partition coefficient (Wildman–Crippen LogP) is 2.31. The second-order valence-corrected chi connectivity index (χ2v) is 6.74. The number of anilines is 1. The number of benzene rings is 2. The Bertz CT molecular complexity index is 1190. The Balaban J connectivity index is 2.24. The standard InChI is InChI=1S/C21H17ClN2O6/c1-2-30-20(29)23-14-5-3-4-12(10-14)21(19(27)28)16(8-9-18(25)26)15-7-6-13(22)11-17(15)24-21/h3-11H,2H2,1H3,(H,23,29)(H,25,26)(H,27,28). The highest BCUT2D eigenvalue weighted by Gasteiger charge is 2.46. The van der Waals surface area contributed by atoms with E-state index in [2.05, 4.69) is 10.3 Å². The molecule has 0 saturated carbocycles. The number of nitrogens with one attached hydrogen (secondary N) is 1. The van der Waals surface area contributed by atoms with Crippen LogP contribution in [0.1, 0.15) is 12.5 Å². The molecule has 2 aromatic rings. The zero-order valence-corrected chi connectivity index (χ0v) is 16.5. The summed E-state index contributed by atoms with van der Waals surface area (Å²) in [6.07, 6.45) is 1.38. The van der Waals surface area contributed by atoms with Crippen LogP contribution < -0.4 is 15.9 Å². The van der Waals surface area contributed by atoms with Gasteiger partial charge in [-0.2, -0.15) is 0 Å². The molecule has 1 heterocycles. The third kappa shape index (κ3) is 3.90. The largest absolute Gasteiger partial charge is 0.479 e. The monoisotopic (exact) mass is 428 g/mol. The summed E-state index contributed by atoms with van der Waals surface area (Å²) in [5.41, 5.74) is -1.23. The molecule has 1 atom stereocenters. The van der Waals surface area contributed by atoms with Crippen LogP contribution >= 0.6 is 11.6 Å². The number of carboxylic acid groups (broad SMARTS) is 2. The summed E-state index contributed by atoms with van der Waals surface area (Å²) in [4.78, 5) is 39.8. The number of fused-ring (bicyclic) bond motifs is 1. The fourth-order valence-corrected chi connectivity index (χ4v) is 3.41. The normalized spacial score (nSPS) is 17.3. The highest BCUT2D eigenvalue weighted by atomic mass is 35.5. The van der Waals surface area contributed by atoms with Gasteiger partial charge >= 0.3 is 18.0 Å². The van der Waals surface area contributed by atoms with Gasteiger partial charge in [-0.25, -0.2) is 14.4 Å². The Kier molecular flexibility index (Phi) is 5.89. The van der Waals surface area contributed by atoms with Gasteiger partial charge in [0.2, 0.25) is 5.54 Å². The van der Waals surface area contributed by atoms with Gasteiger partial charge in [0.15, 0.2) is 0 Å². The van der Waals surface area contributed by atoms with Crippen LogP contribution in [0.15, 0.2) is 59.6 Å². The van der Waals surface area contributed by atoms with Gasteiger partial charge in [0, 0.05) is 27.6 Å². The molecule has 3 rings (SSSR count). The molecular formula is C21H17ClN2O6. The first kappa shape index (κ1) is 21.1. The molecule has 8 nitrogen and oxygen atoms in total. The highest BCUT2D eigenvalue weighted by Crippen LogP contribution is 2.38. The van der Waals surface area contributed by atoms with Crippen LogP contribution in [0.5, 0.6) is 0 Å². The predicted molar refractivity (Wildman–Crippen MR) is 109 cm³/mol. The summed E-state index contributed by atoms with van der Waals surface area (Å²) in [7, 11) is 0. The van der Waals surface area contributed by atoms with E-state index in [0.29, 0.717) is 21.3 Å². The van der Waals surface area contributed by atoms with Crippen LogP contribution in [0.3, 0.4) is 0 Å². The lowest BCUT2D eigenvalue weighted by Gasteiger charge is -2.25. The maximum atomic E-state index is 12.5. The number of carbonyl (C=O) groups is 3. The second kappa shape index (κ2) is 8.38. The van der Waals surface area contributed by atoms with E-state index in [4.69, 9.17) is 21.4 Å². The van der Waals surface area contributed by atoms with Gasteiger partial charge in [-0.1, -0.05) is 29.8 Å². The molecule has 0 aliphatic carbocycles. The Morgan fingerprint density at radius 2 is 1.97 bits per heavy atom. The van der Waals surface area contributed by atoms with Crippen LogP contribution in [0, 0.1) is 0 Å². The molecule has 0 spiro atoms. The number of nitrogens with zero attached hydrogens (tertiary/aromatic N) is 1. The lowest BCUT2D eigenvalue weighted by Crippen LogP contribution is -2.34. The van der Waals surface area contributed by atoms with Crippen LogP contribution in [0.4, 0.5) is 10.5 Å². The molecule has 0 saturated heterocycles. The minimum atomic E-state index is -1.93. The summed E-state index contributed by atoms with van der Waals surface area (Å²) < 4.78 is 4.85. The Labute approximate surface area is 175 Å². The third-order valence-corrected chi connectivity index (χ3v) is 4.67. The molecule has 0 aromatic heterocycles. The maximum Gasteiger partial charge on any atom is 0.411 e. The van der Waals surface area contributed by atoms with Gasteiger partial charge in [0.25, 0.3) is 0 Å². The summed E-state index contributed by atoms with van der Waals surface area (Å²) in [6, 6.07) is 10.8. The number of amides is 1. The first-order chi connectivity index (χ1) is 14.3. The van der Waals surface area contributed by atoms with Crippen molar-refractivity contribution in [3.8, 4) is 0 Å². The Morgan fingerprint density at radius 3 is 2.63 bits per heavy atom. The number of halogens is 1. The van der Waals surface area contributed by atoms with Crippen molar-refractivity contribution in [2.24, 2.45) is 4.99 Å². The van der Waals surface area contributed by atoms with E-state index in [9.17, 15) is 19.5 Å². The lowest BCUT2D eigenvalue weighted by atomic mass is 9.82. The first-order valence-electron chi connectivity index (χ1n) is 8.87. The van der Waals surface area contributed by atoms with E-state index in [-0.39, 0.29) is 17.7 Å². The number of hydrogen-bond donors (Lipinski definition) is 3. The minimum absolute atomic E-state index is 0.164. The zero-order chi connectivity index (χ0) is 21.9. The molecule has 9 heteroatoms. The van der Waals surface area contributed by atoms with E-state index in [1.165, 1.54) is 24.3 Å². The fraction of sp³-hybridized carbons (Fsp3) is 0.143. The van der Waals surface area contributed by atoms with Crippen LogP contribution in [0.2, 0.25) is 5.02 Å². The molecule has 30 heavy (non-hydrogen) atoms. The van der Waals surface area contributed by atoms with E-state index >= 15 is 0 Å². The number of ether oxygens (including phenoxy) is 1. The van der Waals surface area contributed by atoms with Gasteiger partial charge in [-0.05, 0) is 42.8 Å². The Hall–Kier alpha value is -3.65. The molecule has 1 aliphatic heterocycles. The fourth-order valence-electron chi connectivity index (χ4n) is 3.24. The van der Waals surface area contributed by atoms with Crippen LogP contribution in [-0.4, -0.2) is 34.9 Å². The van der Waals surface area contributed by atoms with E-state index in [1.54, 1.807) is 31.2 Å². The SMILES string of the molecule is CCOC(=O)Nc1cccc(C2(C(=O)O)N=c3cc(Cl)ccc3=C2C=CC(=O)O)c1. The zero-order valence-electron chi connectivity index (χ0n) is 15.8. The van der Waals surface area contributed by atoms with Crippen molar-refractivity contribution < 1.29 is 29.3 Å². The van der Waals surface area contributed by atoms with Crippen molar-refractivity contribution in [2.45, 2.75) is 12.5 Å². The second-order valence-electron chi connectivity index (χ2n) is 6.30. The Morgan fingerprint density at radius 1 is 1.20 bits per heavy atom. The lowest BCUT2D eigenvalue weighted by molar-refractivity contribution is -0.141. The number of aliphatic carboxylic acids is 2. The maximum absolute atomic E-state index is 12.5. The third-order valence-electron chi connectivity index (χ3n) is 4.43. The summed E-state index contributed by atoms with van der Waals surface area (Å²) in [5.74, 6) is -2.55. The number of hydrogen-bond acceptors (Lipinski definition) is 5. The molecule has 154 valence electrons. The van der Waals surface area contributed by atoms with Gasteiger partial charge in [0.05, 0.1) is 12.0 Å². The smallest absolute Gasteiger partial charge is 0.411 e. The molecule has 2 aromatic carbocycles. The summed E-state index contributed by atoms with van der Waals surface area (Å²) in [6.45, 7) is 1.83. The minimum Gasteiger partial charge on any atom is -0.479 e. The van der Waals surface area contributed by atoms with E-state index in [0.717, 1.165) is 6.08 Å². The van der Waals surface area contributed by atoms with Crippen molar-refractivity contribution in [3.63, 3.8) is 0 Å². The topological polar surface area (TPSA) is 125 Å². The number of carbonyl (C=O) groups excluding carboxylic acids is 1. The average molecular weight is 429 g/mol. The quantitative estimate of drug-likeness (QED) is 0.606.